The van der Waals surface area contributed by atoms with Crippen LogP contribution in [0.2, 0.25) is 0 Å². The summed E-state index contributed by atoms with van der Waals surface area (Å²) in [4.78, 5) is 27.7. The Kier molecular flexibility index (Phi) is 5.24. The zero-order chi connectivity index (χ0) is 21.4. The molecule has 1 heterocycles. The van der Waals surface area contributed by atoms with E-state index in [1.165, 1.54) is 25.5 Å². The van der Waals surface area contributed by atoms with Crippen molar-refractivity contribution in [2.75, 3.05) is 13.7 Å². The van der Waals surface area contributed by atoms with E-state index in [1.54, 1.807) is 19.2 Å². The zero-order valence-corrected chi connectivity index (χ0v) is 17.9. The fraction of sp³-hybridized carbons (Fsp3) is 0.520. The maximum Gasteiger partial charge on any atom is 0.374 e. The van der Waals surface area contributed by atoms with Gasteiger partial charge in [-0.3, -0.25) is 4.79 Å². The van der Waals surface area contributed by atoms with E-state index < -0.39 is 5.97 Å². The van der Waals surface area contributed by atoms with Crippen molar-refractivity contribution in [3.8, 4) is 5.75 Å². The molecule has 4 aliphatic carbocycles. The van der Waals surface area contributed by atoms with Crippen LogP contribution < -0.4 is 4.74 Å². The number of carbonyl (C=O) groups excluding carboxylic acids is 2. The third-order valence-corrected chi connectivity index (χ3v) is 7.40. The molecule has 1 aromatic heterocycles. The molecule has 0 aliphatic heterocycles. The van der Waals surface area contributed by atoms with Crippen LogP contribution in [0.5, 0.6) is 5.75 Å². The van der Waals surface area contributed by atoms with Gasteiger partial charge < -0.3 is 18.8 Å². The highest BCUT2D eigenvalue weighted by molar-refractivity contribution is 5.89. The molecule has 2 aromatic rings. The van der Waals surface area contributed by atoms with E-state index in [0.717, 1.165) is 30.6 Å². The van der Waals surface area contributed by atoms with Gasteiger partial charge in [-0.25, -0.2) is 4.79 Å². The molecule has 4 aliphatic rings. The predicted octanol–water partition coefficient (Wildman–Crippen LogP) is 4.44. The van der Waals surface area contributed by atoms with Gasteiger partial charge in [0, 0.05) is 12.1 Å². The second-order valence-electron chi connectivity index (χ2n) is 9.53. The number of esters is 1. The summed E-state index contributed by atoms with van der Waals surface area (Å²) in [5.41, 5.74) is 0.896. The second-order valence-corrected chi connectivity index (χ2v) is 9.53. The zero-order valence-electron chi connectivity index (χ0n) is 17.9. The van der Waals surface area contributed by atoms with E-state index in [9.17, 15) is 9.59 Å². The van der Waals surface area contributed by atoms with Crippen LogP contribution in [-0.2, 0) is 16.1 Å². The molecular formula is C25H29NO5. The summed E-state index contributed by atoms with van der Waals surface area (Å²) in [5, 5.41) is 0. The molecule has 6 nitrogen and oxygen atoms in total. The van der Waals surface area contributed by atoms with Gasteiger partial charge in [0.2, 0.25) is 5.76 Å². The Morgan fingerprint density at radius 1 is 1.06 bits per heavy atom. The van der Waals surface area contributed by atoms with Gasteiger partial charge in [0.15, 0.2) is 6.61 Å². The normalized spacial score (nSPS) is 28.4. The molecule has 0 radical (unpaired) electrons. The Morgan fingerprint density at radius 2 is 1.77 bits per heavy atom. The van der Waals surface area contributed by atoms with E-state index in [2.05, 4.69) is 0 Å². The van der Waals surface area contributed by atoms with Gasteiger partial charge in [-0.2, -0.15) is 0 Å². The van der Waals surface area contributed by atoms with Gasteiger partial charge in [0.05, 0.1) is 13.4 Å². The van der Waals surface area contributed by atoms with E-state index in [1.807, 2.05) is 29.2 Å². The molecule has 0 unspecified atom stereocenters. The molecule has 0 N–H and O–H groups in total. The molecular weight excluding hydrogens is 394 g/mol. The summed E-state index contributed by atoms with van der Waals surface area (Å²) < 4.78 is 15.8. The van der Waals surface area contributed by atoms with Crippen LogP contribution in [0.1, 0.15) is 54.6 Å². The molecule has 4 fully saturated rings. The number of benzene rings is 1. The van der Waals surface area contributed by atoms with E-state index in [4.69, 9.17) is 13.9 Å². The molecule has 0 spiro atoms. The topological polar surface area (TPSA) is 69.0 Å². The van der Waals surface area contributed by atoms with Crippen molar-refractivity contribution < 1.29 is 23.5 Å². The fourth-order valence-corrected chi connectivity index (χ4v) is 6.54. The van der Waals surface area contributed by atoms with Gasteiger partial charge in [-0.15, -0.1) is 0 Å². The second kappa shape index (κ2) is 8.06. The number of ether oxygens (including phenoxy) is 2. The van der Waals surface area contributed by atoms with E-state index in [-0.39, 0.29) is 23.8 Å². The first-order valence-electron chi connectivity index (χ1n) is 11.2. The van der Waals surface area contributed by atoms with Gasteiger partial charge in [0.25, 0.3) is 5.91 Å². The highest BCUT2D eigenvalue weighted by Crippen LogP contribution is 2.58. The summed E-state index contributed by atoms with van der Waals surface area (Å²) in [6, 6.07) is 11.0. The summed E-state index contributed by atoms with van der Waals surface area (Å²) in [5.74, 6) is 2.27. The molecule has 31 heavy (non-hydrogen) atoms. The van der Waals surface area contributed by atoms with Crippen molar-refractivity contribution in [2.24, 2.45) is 17.8 Å². The van der Waals surface area contributed by atoms with Gasteiger partial charge >= 0.3 is 5.97 Å². The van der Waals surface area contributed by atoms with Crippen molar-refractivity contribution in [3.63, 3.8) is 0 Å². The van der Waals surface area contributed by atoms with Crippen LogP contribution in [0.25, 0.3) is 0 Å². The number of carbonyl (C=O) groups is 2. The summed E-state index contributed by atoms with van der Waals surface area (Å²) in [7, 11) is 1.65. The van der Waals surface area contributed by atoms with E-state index >= 15 is 0 Å². The minimum absolute atomic E-state index is 0.113. The third kappa shape index (κ3) is 3.95. The van der Waals surface area contributed by atoms with Gasteiger partial charge in [-0.05, 0) is 86.1 Å². The highest BCUT2D eigenvalue weighted by atomic mass is 16.5. The minimum atomic E-state index is -0.606. The summed E-state index contributed by atoms with van der Waals surface area (Å²) >= 11 is 0. The lowest BCUT2D eigenvalue weighted by atomic mass is 9.52. The largest absolute Gasteiger partial charge is 0.497 e. The first kappa shape index (κ1) is 20.2. The van der Waals surface area contributed by atoms with Crippen LogP contribution >= 0.6 is 0 Å². The molecule has 164 valence electrons. The predicted molar refractivity (Wildman–Crippen MR) is 113 cm³/mol. The van der Waals surface area contributed by atoms with Crippen molar-refractivity contribution >= 4 is 11.9 Å². The maximum absolute atomic E-state index is 13.5. The average molecular weight is 424 g/mol. The SMILES string of the molecule is COc1cccc(CN(C(=O)COC(=O)c2ccco2)C23CC4CC(CC(C4)C2)C3)c1. The Bertz CT molecular complexity index is 915. The number of methoxy groups -OCH3 is 1. The fourth-order valence-electron chi connectivity index (χ4n) is 6.54. The quantitative estimate of drug-likeness (QED) is 0.616. The van der Waals surface area contributed by atoms with Crippen molar-refractivity contribution in [1.82, 2.24) is 4.90 Å². The molecule has 1 amide bonds. The van der Waals surface area contributed by atoms with Crippen molar-refractivity contribution in [1.29, 1.82) is 0 Å². The highest BCUT2D eigenvalue weighted by Gasteiger charge is 2.54. The smallest absolute Gasteiger partial charge is 0.374 e. The number of nitrogens with zero attached hydrogens (tertiary/aromatic N) is 1. The minimum Gasteiger partial charge on any atom is -0.497 e. The Balaban J connectivity index is 1.38. The lowest BCUT2D eigenvalue weighted by Gasteiger charge is -2.60. The van der Waals surface area contributed by atoms with Crippen LogP contribution in [0.4, 0.5) is 0 Å². The van der Waals surface area contributed by atoms with Crippen molar-refractivity contribution in [3.05, 3.63) is 54.0 Å². The molecule has 0 atom stereocenters. The van der Waals surface area contributed by atoms with Crippen LogP contribution in [-0.4, -0.2) is 36.0 Å². The Hall–Kier alpha value is -2.76. The number of furan rings is 1. The molecule has 4 bridgehead atoms. The van der Waals surface area contributed by atoms with Gasteiger partial charge in [-0.1, -0.05) is 12.1 Å². The molecule has 6 heteroatoms. The van der Waals surface area contributed by atoms with Crippen molar-refractivity contribution in [2.45, 2.75) is 50.6 Å². The number of rotatable bonds is 7. The molecule has 1 aromatic carbocycles. The summed E-state index contributed by atoms with van der Waals surface area (Å²) in [6.07, 6.45) is 8.49. The molecule has 0 saturated heterocycles. The lowest BCUT2D eigenvalue weighted by Crippen LogP contribution is -2.61. The third-order valence-electron chi connectivity index (χ3n) is 7.40. The van der Waals surface area contributed by atoms with Crippen LogP contribution in [0.15, 0.2) is 47.1 Å². The number of hydrogen-bond acceptors (Lipinski definition) is 5. The van der Waals surface area contributed by atoms with Gasteiger partial charge in [0.1, 0.15) is 5.75 Å². The number of amides is 1. The lowest BCUT2D eigenvalue weighted by molar-refractivity contribution is -0.155. The molecule has 6 rings (SSSR count). The monoisotopic (exact) mass is 423 g/mol. The van der Waals surface area contributed by atoms with Crippen LogP contribution in [0.3, 0.4) is 0 Å². The standard InChI is InChI=1S/C25H29NO5/c1-29-21-5-2-4-17(11-21)15-26(23(27)16-31-24(28)22-6-3-7-30-22)25-12-18-8-19(13-25)10-20(9-18)14-25/h2-7,11,18-20H,8-10,12-16H2,1H3. The van der Waals surface area contributed by atoms with Crippen LogP contribution in [0, 0.1) is 17.8 Å². The first-order valence-corrected chi connectivity index (χ1v) is 11.2. The maximum atomic E-state index is 13.5. The average Bonchev–Trinajstić information content (AvgIpc) is 3.30. The van der Waals surface area contributed by atoms with E-state index in [0.29, 0.717) is 24.3 Å². The number of hydrogen-bond donors (Lipinski definition) is 0. The summed E-state index contributed by atoms with van der Waals surface area (Å²) in [6.45, 7) is 0.228. The Morgan fingerprint density at radius 3 is 2.39 bits per heavy atom. The first-order chi connectivity index (χ1) is 15.0. The molecule has 4 saturated carbocycles. The Labute approximate surface area is 182 Å².